The molecule has 0 aliphatic rings. The molecule has 1 amide bonds. The molecule has 0 aromatic heterocycles. The van der Waals surface area contributed by atoms with Gasteiger partial charge in [-0.15, -0.1) is 0 Å². The van der Waals surface area contributed by atoms with Gasteiger partial charge < -0.3 is 15.4 Å². The predicted octanol–water partition coefficient (Wildman–Crippen LogP) is 1.39. The average molecular weight is 230 g/mol. The minimum atomic E-state index is -0.496. The lowest BCUT2D eigenvalue weighted by Gasteiger charge is -2.29. The van der Waals surface area contributed by atoms with E-state index in [1.165, 1.54) is 7.11 Å². The predicted molar refractivity (Wildman–Crippen MR) is 66.2 cm³/mol. The van der Waals surface area contributed by atoms with Gasteiger partial charge in [0, 0.05) is 26.2 Å². The van der Waals surface area contributed by atoms with Gasteiger partial charge in [-0.05, 0) is 20.3 Å². The van der Waals surface area contributed by atoms with Gasteiger partial charge in [-0.2, -0.15) is 0 Å². The van der Waals surface area contributed by atoms with Crippen molar-refractivity contribution in [1.29, 1.82) is 0 Å². The molecular weight excluding hydrogens is 204 g/mol. The maximum atomic E-state index is 12.1. The van der Waals surface area contributed by atoms with Crippen LogP contribution in [0.2, 0.25) is 0 Å². The zero-order valence-electron chi connectivity index (χ0n) is 11.0. The van der Waals surface area contributed by atoms with Crippen molar-refractivity contribution in [2.24, 2.45) is 5.73 Å². The molecule has 1 unspecified atom stereocenters. The van der Waals surface area contributed by atoms with Crippen LogP contribution in [-0.2, 0) is 9.53 Å². The monoisotopic (exact) mass is 230 g/mol. The van der Waals surface area contributed by atoms with E-state index in [1.54, 1.807) is 0 Å². The van der Waals surface area contributed by atoms with Crippen molar-refractivity contribution in [2.45, 2.75) is 52.2 Å². The van der Waals surface area contributed by atoms with Gasteiger partial charge >= 0.3 is 0 Å². The SMILES string of the molecule is CCCCCN(C(=O)C(CN)OC)C(C)C. The minimum absolute atomic E-state index is 0.0103. The minimum Gasteiger partial charge on any atom is -0.370 e. The highest BCUT2D eigenvalue weighted by Crippen LogP contribution is 2.07. The van der Waals surface area contributed by atoms with Crippen molar-refractivity contribution < 1.29 is 9.53 Å². The third-order valence-electron chi connectivity index (χ3n) is 2.68. The Bertz CT molecular complexity index is 191. The van der Waals surface area contributed by atoms with Gasteiger partial charge in [0.2, 0.25) is 0 Å². The van der Waals surface area contributed by atoms with Gasteiger partial charge in [0.25, 0.3) is 5.91 Å². The fraction of sp³-hybridized carbons (Fsp3) is 0.917. The molecule has 0 aliphatic heterocycles. The molecule has 0 fully saturated rings. The molecule has 96 valence electrons. The zero-order chi connectivity index (χ0) is 12.6. The van der Waals surface area contributed by atoms with Crippen LogP contribution in [0.5, 0.6) is 0 Å². The Morgan fingerprint density at radius 1 is 1.38 bits per heavy atom. The first-order valence-electron chi connectivity index (χ1n) is 6.11. The van der Waals surface area contributed by atoms with Gasteiger partial charge in [0.15, 0.2) is 0 Å². The van der Waals surface area contributed by atoms with Crippen LogP contribution in [0.1, 0.15) is 40.0 Å². The number of ether oxygens (including phenoxy) is 1. The number of nitrogens with zero attached hydrogens (tertiary/aromatic N) is 1. The van der Waals surface area contributed by atoms with Gasteiger partial charge in [0.1, 0.15) is 6.10 Å². The summed E-state index contributed by atoms with van der Waals surface area (Å²) in [4.78, 5) is 13.9. The summed E-state index contributed by atoms with van der Waals surface area (Å²) >= 11 is 0. The summed E-state index contributed by atoms with van der Waals surface area (Å²) in [6, 6.07) is 0.202. The second-order valence-corrected chi connectivity index (χ2v) is 4.29. The summed E-state index contributed by atoms with van der Waals surface area (Å²) in [7, 11) is 1.53. The molecule has 4 heteroatoms. The molecule has 0 bridgehead atoms. The highest BCUT2D eigenvalue weighted by atomic mass is 16.5. The topological polar surface area (TPSA) is 55.6 Å². The lowest BCUT2D eigenvalue weighted by Crippen LogP contribution is -2.47. The first-order valence-corrected chi connectivity index (χ1v) is 6.11. The van der Waals surface area contributed by atoms with Crippen LogP contribution in [0.4, 0.5) is 0 Å². The molecule has 0 radical (unpaired) electrons. The quantitative estimate of drug-likeness (QED) is 0.641. The van der Waals surface area contributed by atoms with Crippen LogP contribution in [0, 0.1) is 0 Å². The first kappa shape index (κ1) is 15.4. The van der Waals surface area contributed by atoms with Crippen LogP contribution in [-0.4, -0.2) is 43.2 Å². The van der Waals surface area contributed by atoms with Crippen LogP contribution >= 0.6 is 0 Å². The molecule has 0 aromatic carbocycles. The van der Waals surface area contributed by atoms with Gasteiger partial charge in [-0.25, -0.2) is 0 Å². The van der Waals surface area contributed by atoms with Crippen LogP contribution in [0.25, 0.3) is 0 Å². The van der Waals surface area contributed by atoms with E-state index < -0.39 is 6.10 Å². The Morgan fingerprint density at radius 3 is 2.38 bits per heavy atom. The van der Waals surface area contributed by atoms with E-state index >= 15 is 0 Å². The fourth-order valence-electron chi connectivity index (χ4n) is 1.64. The molecule has 0 spiro atoms. The number of rotatable bonds is 8. The second-order valence-electron chi connectivity index (χ2n) is 4.29. The van der Waals surface area contributed by atoms with E-state index in [-0.39, 0.29) is 18.5 Å². The number of carbonyl (C=O) groups excluding carboxylic acids is 1. The number of nitrogens with two attached hydrogens (primary N) is 1. The average Bonchev–Trinajstić information content (AvgIpc) is 2.25. The molecule has 0 heterocycles. The summed E-state index contributed by atoms with van der Waals surface area (Å²) in [5.41, 5.74) is 5.50. The van der Waals surface area contributed by atoms with Gasteiger partial charge in [0.05, 0.1) is 0 Å². The van der Waals surface area contributed by atoms with Crippen molar-refractivity contribution in [3.05, 3.63) is 0 Å². The Kier molecular flexibility index (Phi) is 8.21. The number of amides is 1. The Labute approximate surface area is 99.1 Å². The highest BCUT2D eigenvalue weighted by molar-refractivity contribution is 5.81. The van der Waals surface area contributed by atoms with Crippen molar-refractivity contribution in [3.8, 4) is 0 Å². The van der Waals surface area contributed by atoms with E-state index in [0.29, 0.717) is 0 Å². The Balaban J connectivity index is 4.33. The molecule has 0 aromatic rings. The normalized spacial score (nSPS) is 12.9. The molecule has 1 atom stereocenters. The maximum Gasteiger partial charge on any atom is 0.253 e. The fourth-order valence-corrected chi connectivity index (χ4v) is 1.64. The van der Waals surface area contributed by atoms with Crippen LogP contribution in [0.15, 0.2) is 0 Å². The largest absolute Gasteiger partial charge is 0.370 e. The molecule has 0 rings (SSSR count). The number of hydrogen-bond donors (Lipinski definition) is 1. The Morgan fingerprint density at radius 2 is 2.00 bits per heavy atom. The molecule has 16 heavy (non-hydrogen) atoms. The molecule has 2 N–H and O–H groups in total. The smallest absolute Gasteiger partial charge is 0.253 e. The number of methoxy groups -OCH3 is 1. The van der Waals surface area contributed by atoms with E-state index in [9.17, 15) is 4.79 Å². The zero-order valence-corrected chi connectivity index (χ0v) is 11.0. The highest BCUT2D eigenvalue weighted by Gasteiger charge is 2.24. The third-order valence-corrected chi connectivity index (χ3v) is 2.68. The summed E-state index contributed by atoms with van der Waals surface area (Å²) in [5.74, 6) is 0.0103. The van der Waals surface area contributed by atoms with Gasteiger partial charge in [-0.3, -0.25) is 4.79 Å². The summed E-state index contributed by atoms with van der Waals surface area (Å²) < 4.78 is 5.08. The van der Waals surface area contributed by atoms with Crippen LogP contribution < -0.4 is 5.73 Å². The van der Waals surface area contributed by atoms with Gasteiger partial charge in [-0.1, -0.05) is 19.8 Å². The van der Waals surface area contributed by atoms with E-state index in [0.717, 1.165) is 25.8 Å². The summed E-state index contributed by atoms with van der Waals surface area (Å²) in [5, 5.41) is 0. The third kappa shape index (κ3) is 4.94. The molecule has 4 nitrogen and oxygen atoms in total. The van der Waals surface area contributed by atoms with Crippen molar-refractivity contribution in [3.63, 3.8) is 0 Å². The Hall–Kier alpha value is -0.610. The van der Waals surface area contributed by atoms with Crippen molar-refractivity contribution in [1.82, 2.24) is 4.90 Å². The van der Waals surface area contributed by atoms with E-state index in [2.05, 4.69) is 6.92 Å². The van der Waals surface area contributed by atoms with Crippen molar-refractivity contribution >= 4 is 5.91 Å². The molecule has 0 saturated carbocycles. The first-order chi connectivity index (χ1) is 7.58. The molecule has 0 aliphatic carbocycles. The lowest BCUT2D eigenvalue weighted by atomic mass is 10.2. The van der Waals surface area contributed by atoms with Crippen molar-refractivity contribution in [2.75, 3.05) is 20.2 Å². The number of carbonyl (C=O) groups is 1. The standard InChI is InChI=1S/C12H26N2O2/c1-5-6-7-8-14(10(2)3)12(15)11(9-13)16-4/h10-11H,5-9,13H2,1-4H3. The second kappa shape index (κ2) is 8.53. The molecule has 0 saturated heterocycles. The summed E-state index contributed by atoms with van der Waals surface area (Å²) in [6.07, 6.45) is 2.85. The van der Waals surface area contributed by atoms with Crippen LogP contribution in [0.3, 0.4) is 0 Å². The van der Waals surface area contributed by atoms with E-state index in [1.807, 2.05) is 18.7 Å². The number of unbranched alkanes of at least 4 members (excludes halogenated alkanes) is 2. The molecular formula is C12H26N2O2. The lowest BCUT2D eigenvalue weighted by molar-refractivity contribution is -0.143. The summed E-state index contributed by atoms with van der Waals surface area (Å²) in [6.45, 7) is 7.23. The van der Waals surface area contributed by atoms with E-state index in [4.69, 9.17) is 10.5 Å². The maximum absolute atomic E-state index is 12.1. The number of hydrogen-bond acceptors (Lipinski definition) is 3.